The maximum absolute atomic E-state index is 12.2. The van der Waals surface area contributed by atoms with Crippen molar-refractivity contribution in [1.82, 2.24) is 15.6 Å². The van der Waals surface area contributed by atoms with Crippen molar-refractivity contribution in [3.63, 3.8) is 0 Å². The summed E-state index contributed by atoms with van der Waals surface area (Å²) in [7, 11) is 0. The number of hydrogen-bond donors (Lipinski definition) is 6. The van der Waals surface area contributed by atoms with Crippen LogP contribution in [-0.4, -0.2) is 57.7 Å². The number of benzene rings is 1. The van der Waals surface area contributed by atoms with Crippen LogP contribution >= 0.6 is 0 Å². The Bertz CT molecular complexity index is 803. The fourth-order valence-electron chi connectivity index (χ4n) is 2.48. The van der Waals surface area contributed by atoms with Gasteiger partial charge in [-0.2, -0.15) is 0 Å². The zero-order chi connectivity index (χ0) is 19.3. The van der Waals surface area contributed by atoms with Gasteiger partial charge < -0.3 is 31.6 Å². The number of carboxylic acid groups (broad SMARTS) is 1. The van der Waals surface area contributed by atoms with Crippen molar-refractivity contribution in [2.24, 2.45) is 5.73 Å². The summed E-state index contributed by atoms with van der Waals surface area (Å²) in [6.07, 6.45) is 2.00. The molecule has 9 heteroatoms. The number of aromatic amines is 1. The molecule has 2 aromatic rings. The first kappa shape index (κ1) is 19.4. The van der Waals surface area contributed by atoms with Crippen molar-refractivity contribution in [3.05, 3.63) is 36.0 Å². The first-order chi connectivity index (χ1) is 12.3. The number of nitrogens with one attached hydrogen (secondary N) is 3. The van der Waals surface area contributed by atoms with E-state index in [-0.39, 0.29) is 6.42 Å². The zero-order valence-electron chi connectivity index (χ0n) is 14.2. The van der Waals surface area contributed by atoms with E-state index in [0.29, 0.717) is 0 Å². The highest BCUT2D eigenvalue weighted by Gasteiger charge is 2.26. The Balaban J connectivity index is 1.98. The van der Waals surface area contributed by atoms with E-state index in [4.69, 9.17) is 10.8 Å². The lowest BCUT2D eigenvalue weighted by Crippen LogP contribution is -2.55. The molecule has 26 heavy (non-hydrogen) atoms. The predicted molar refractivity (Wildman–Crippen MR) is 94.2 cm³/mol. The molecule has 1 aromatic carbocycles. The summed E-state index contributed by atoms with van der Waals surface area (Å²) in [4.78, 5) is 38.1. The minimum Gasteiger partial charge on any atom is -0.480 e. The number of fused-ring (bicyclic) bond motifs is 1. The Morgan fingerprint density at radius 3 is 2.54 bits per heavy atom. The van der Waals surface area contributed by atoms with Gasteiger partial charge in [0.15, 0.2) is 0 Å². The molecule has 0 aliphatic rings. The molecule has 7 N–H and O–H groups in total. The molecule has 3 atom stereocenters. The topological polar surface area (TPSA) is 158 Å². The molecule has 0 spiro atoms. The van der Waals surface area contributed by atoms with E-state index >= 15 is 0 Å². The SMILES string of the molecule is CC(NC(=O)C(CO)NC(=O)C(N)Cc1c[nH]c2ccccc12)C(=O)O. The van der Waals surface area contributed by atoms with Crippen molar-refractivity contribution in [1.29, 1.82) is 0 Å². The number of aromatic nitrogens is 1. The highest BCUT2D eigenvalue weighted by molar-refractivity contribution is 5.92. The van der Waals surface area contributed by atoms with Crippen LogP contribution in [0.15, 0.2) is 30.5 Å². The fraction of sp³-hybridized carbons (Fsp3) is 0.353. The molecule has 3 unspecified atom stereocenters. The minimum absolute atomic E-state index is 0.237. The molecule has 0 aliphatic heterocycles. The largest absolute Gasteiger partial charge is 0.480 e. The zero-order valence-corrected chi connectivity index (χ0v) is 14.2. The van der Waals surface area contributed by atoms with Gasteiger partial charge in [0.25, 0.3) is 0 Å². The van der Waals surface area contributed by atoms with E-state index in [9.17, 15) is 19.5 Å². The summed E-state index contributed by atoms with van der Waals surface area (Å²) >= 11 is 0. The van der Waals surface area contributed by atoms with Crippen molar-refractivity contribution >= 4 is 28.7 Å². The number of rotatable bonds is 8. The molecule has 1 heterocycles. The van der Waals surface area contributed by atoms with E-state index in [1.165, 1.54) is 6.92 Å². The molecule has 2 rings (SSSR count). The number of aliphatic hydroxyl groups is 1. The maximum atomic E-state index is 12.2. The smallest absolute Gasteiger partial charge is 0.325 e. The van der Waals surface area contributed by atoms with E-state index in [1.807, 2.05) is 24.3 Å². The highest BCUT2D eigenvalue weighted by atomic mass is 16.4. The quantitative estimate of drug-likeness (QED) is 0.357. The number of aliphatic hydroxyl groups excluding tert-OH is 1. The van der Waals surface area contributed by atoms with Gasteiger partial charge in [-0.15, -0.1) is 0 Å². The van der Waals surface area contributed by atoms with E-state index in [1.54, 1.807) is 6.20 Å². The fourth-order valence-corrected chi connectivity index (χ4v) is 2.48. The van der Waals surface area contributed by atoms with Gasteiger partial charge >= 0.3 is 5.97 Å². The van der Waals surface area contributed by atoms with Gasteiger partial charge in [-0.05, 0) is 25.0 Å². The number of aliphatic carboxylic acids is 1. The second-order valence-electron chi connectivity index (χ2n) is 5.98. The van der Waals surface area contributed by atoms with E-state index < -0.39 is 42.5 Å². The van der Waals surface area contributed by atoms with Crippen molar-refractivity contribution in [3.8, 4) is 0 Å². The van der Waals surface area contributed by atoms with Crippen molar-refractivity contribution < 1.29 is 24.6 Å². The third-order valence-corrected chi connectivity index (χ3v) is 4.00. The van der Waals surface area contributed by atoms with Gasteiger partial charge in [-0.25, -0.2) is 0 Å². The van der Waals surface area contributed by atoms with Crippen LogP contribution in [0.5, 0.6) is 0 Å². The summed E-state index contributed by atoms with van der Waals surface area (Å²) in [6, 6.07) is 4.21. The number of carboxylic acids is 1. The van der Waals surface area contributed by atoms with Crippen LogP contribution in [0.3, 0.4) is 0 Å². The van der Waals surface area contributed by atoms with Gasteiger partial charge in [0.1, 0.15) is 12.1 Å². The van der Waals surface area contributed by atoms with Crippen LogP contribution in [0, 0.1) is 0 Å². The molecule has 9 nitrogen and oxygen atoms in total. The van der Waals surface area contributed by atoms with Crippen molar-refractivity contribution in [2.75, 3.05) is 6.61 Å². The molecule has 1 aromatic heterocycles. The summed E-state index contributed by atoms with van der Waals surface area (Å²) < 4.78 is 0. The second-order valence-corrected chi connectivity index (χ2v) is 5.98. The number of hydrogen-bond acceptors (Lipinski definition) is 5. The number of nitrogens with two attached hydrogens (primary N) is 1. The highest BCUT2D eigenvalue weighted by Crippen LogP contribution is 2.18. The Kier molecular flexibility index (Phi) is 6.31. The average Bonchev–Trinajstić information content (AvgIpc) is 3.02. The molecule has 0 saturated carbocycles. The maximum Gasteiger partial charge on any atom is 0.325 e. The molecule has 0 radical (unpaired) electrons. The second kappa shape index (κ2) is 8.45. The minimum atomic E-state index is -1.28. The predicted octanol–water partition coefficient (Wildman–Crippen LogP) is -0.896. The number of carbonyl (C=O) groups excluding carboxylic acids is 2. The standard InChI is InChI=1S/C17H22N4O5/c1-9(17(25)26)20-16(24)14(8-22)21-15(23)12(18)6-10-7-19-13-5-3-2-4-11(10)13/h2-5,7,9,12,14,19,22H,6,8,18H2,1H3,(H,20,24)(H,21,23)(H,25,26). The molecular formula is C17H22N4O5. The van der Waals surface area contributed by atoms with Gasteiger partial charge in [0.2, 0.25) is 11.8 Å². The Hall–Kier alpha value is -2.91. The molecule has 0 saturated heterocycles. The average molecular weight is 362 g/mol. The van der Waals surface area contributed by atoms with Crippen LogP contribution in [0.1, 0.15) is 12.5 Å². The van der Waals surface area contributed by atoms with Crippen LogP contribution in [-0.2, 0) is 20.8 Å². The van der Waals surface area contributed by atoms with Crippen molar-refractivity contribution in [2.45, 2.75) is 31.5 Å². The molecule has 0 aliphatic carbocycles. The van der Waals surface area contributed by atoms with Crippen LogP contribution in [0.2, 0.25) is 0 Å². The van der Waals surface area contributed by atoms with Crippen LogP contribution in [0.25, 0.3) is 10.9 Å². The van der Waals surface area contributed by atoms with Gasteiger partial charge in [0, 0.05) is 17.1 Å². The first-order valence-electron chi connectivity index (χ1n) is 8.08. The Morgan fingerprint density at radius 2 is 1.88 bits per heavy atom. The Morgan fingerprint density at radius 1 is 1.19 bits per heavy atom. The molecule has 0 fully saturated rings. The molecule has 2 amide bonds. The number of amides is 2. The molecular weight excluding hydrogens is 340 g/mol. The summed E-state index contributed by atoms with van der Waals surface area (Å²) in [6.45, 7) is 0.600. The molecule has 140 valence electrons. The van der Waals surface area contributed by atoms with E-state index in [2.05, 4.69) is 15.6 Å². The Labute approximate surface area is 149 Å². The molecule has 0 bridgehead atoms. The number of carbonyl (C=O) groups is 3. The monoisotopic (exact) mass is 362 g/mol. The third kappa shape index (κ3) is 4.58. The summed E-state index contributed by atoms with van der Waals surface area (Å²) in [5.74, 6) is -2.64. The summed E-state index contributed by atoms with van der Waals surface area (Å²) in [5.41, 5.74) is 7.69. The first-order valence-corrected chi connectivity index (χ1v) is 8.08. The van der Waals surface area contributed by atoms with Gasteiger partial charge in [-0.3, -0.25) is 14.4 Å². The van der Waals surface area contributed by atoms with Crippen LogP contribution in [0.4, 0.5) is 0 Å². The lowest BCUT2D eigenvalue weighted by atomic mass is 10.0. The summed E-state index contributed by atoms with van der Waals surface area (Å²) in [5, 5.41) is 23.6. The van der Waals surface area contributed by atoms with Crippen LogP contribution < -0.4 is 16.4 Å². The third-order valence-electron chi connectivity index (χ3n) is 4.00. The lowest BCUT2D eigenvalue weighted by molar-refractivity contribution is -0.142. The van der Waals surface area contributed by atoms with Gasteiger partial charge in [0.05, 0.1) is 12.6 Å². The van der Waals surface area contributed by atoms with E-state index in [0.717, 1.165) is 16.5 Å². The number of para-hydroxylation sites is 1. The normalized spacial score (nSPS) is 14.4. The number of H-pyrrole nitrogens is 1. The lowest BCUT2D eigenvalue weighted by Gasteiger charge is -2.20. The van der Waals surface area contributed by atoms with Gasteiger partial charge in [-0.1, -0.05) is 18.2 Å².